The molecule has 1 heterocycles. The summed E-state index contributed by atoms with van der Waals surface area (Å²) in [7, 11) is 0. The lowest BCUT2D eigenvalue weighted by atomic mass is 10.0. The number of nitrogens with zero attached hydrogens (tertiary/aromatic N) is 1. The quantitative estimate of drug-likeness (QED) is 0.820. The maximum Gasteiger partial charge on any atom is 0.0221 e. The van der Waals surface area contributed by atoms with E-state index in [9.17, 15) is 0 Å². The highest BCUT2D eigenvalue weighted by atomic mass is 15.2. The van der Waals surface area contributed by atoms with Gasteiger partial charge in [-0.15, -0.1) is 0 Å². The van der Waals surface area contributed by atoms with Crippen LogP contribution in [0.25, 0.3) is 0 Å². The Kier molecular flexibility index (Phi) is 6.06. The molecule has 1 aromatic carbocycles. The summed E-state index contributed by atoms with van der Waals surface area (Å²) in [6.07, 6.45) is 5.14. The lowest BCUT2D eigenvalue weighted by Gasteiger charge is -2.25. The van der Waals surface area contributed by atoms with E-state index >= 15 is 0 Å². The third-order valence-electron chi connectivity index (χ3n) is 4.56. The van der Waals surface area contributed by atoms with Crippen LogP contribution in [0.5, 0.6) is 0 Å². The van der Waals surface area contributed by atoms with Crippen molar-refractivity contribution >= 4 is 0 Å². The van der Waals surface area contributed by atoms with Gasteiger partial charge in [0.2, 0.25) is 0 Å². The minimum absolute atomic E-state index is 0.606. The molecule has 1 N–H and O–H groups in total. The van der Waals surface area contributed by atoms with E-state index in [1.807, 2.05) is 0 Å². The minimum atomic E-state index is 0.606. The van der Waals surface area contributed by atoms with Crippen LogP contribution in [-0.2, 0) is 6.42 Å². The Balaban J connectivity index is 1.69. The number of likely N-dealkylation sites (tertiary alicyclic amines) is 1. The first-order chi connectivity index (χ1) is 9.69. The average Bonchev–Trinajstić information content (AvgIpc) is 2.90. The van der Waals surface area contributed by atoms with Crippen LogP contribution in [0.1, 0.15) is 44.2 Å². The van der Waals surface area contributed by atoms with Crippen molar-refractivity contribution in [1.82, 2.24) is 10.2 Å². The molecule has 1 aromatic rings. The topological polar surface area (TPSA) is 15.3 Å². The van der Waals surface area contributed by atoms with Gasteiger partial charge in [0.15, 0.2) is 0 Å². The second-order valence-electron chi connectivity index (χ2n) is 6.26. The van der Waals surface area contributed by atoms with Crippen molar-refractivity contribution in [3.8, 4) is 0 Å². The summed E-state index contributed by atoms with van der Waals surface area (Å²) in [5, 5.41) is 3.73. The molecule has 2 unspecified atom stereocenters. The molecule has 20 heavy (non-hydrogen) atoms. The van der Waals surface area contributed by atoms with E-state index in [4.69, 9.17) is 0 Å². The van der Waals surface area contributed by atoms with Crippen molar-refractivity contribution in [1.29, 1.82) is 0 Å². The monoisotopic (exact) mass is 274 g/mol. The predicted molar refractivity (Wildman–Crippen MR) is 87.2 cm³/mol. The van der Waals surface area contributed by atoms with Crippen LogP contribution in [0, 0.1) is 6.92 Å². The largest absolute Gasteiger partial charge is 0.313 e. The summed E-state index contributed by atoms with van der Waals surface area (Å²) in [6, 6.07) is 10.3. The normalized spacial score (nSPS) is 21.2. The molecule has 0 spiro atoms. The van der Waals surface area contributed by atoms with Crippen LogP contribution in [0.3, 0.4) is 0 Å². The SMILES string of the molecule is CCN1CCCC1CNC(C)CCc1cccc(C)c1. The number of hydrogen-bond donors (Lipinski definition) is 1. The van der Waals surface area contributed by atoms with Gasteiger partial charge in [0.05, 0.1) is 0 Å². The molecular weight excluding hydrogens is 244 g/mol. The van der Waals surface area contributed by atoms with Gasteiger partial charge in [0, 0.05) is 18.6 Å². The molecule has 2 nitrogen and oxygen atoms in total. The molecule has 0 radical (unpaired) electrons. The molecule has 112 valence electrons. The molecular formula is C18H30N2. The highest BCUT2D eigenvalue weighted by Crippen LogP contribution is 2.16. The van der Waals surface area contributed by atoms with E-state index in [1.165, 1.54) is 49.9 Å². The van der Waals surface area contributed by atoms with Gasteiger partial charge < -0.3 is 5.32 Å². The molecule has 0 saturated carbocycles. The first-order valence-corrected chi connectivity index (χ1v) is 8.22. The third-order valence-corrected chi connectivity index (χ3v) is 4.56. The van der Waals surface area contributed by atoms with E-state index in [2.05, 4.69) is 55.3 Å². The molecule has 0 aliphatic carbocycles. The molecule has 0 aromatic heterocycles. The van der Waals surface area contributed by atoms with Crippen molar-refractivity contribution in [2.75, 3.05) is 19.6 Å². The Morgan fingerprint density at radius 1 is 1.40 bits per heavy atom. The Morgan fingerprint density at radius 2 is 2.25 bits per heavy atom. The van der Waals surface area contributed by atoms with Gasteiger partial charge in [0.25, 0.3) is 0 Å². The van der Waals surface area contributed by atoms with Crippen LogP contribution in [0.4, 0.5) is 0 Å². The molecule has 1 aliphatic rings. The smallest absolute Gasteiger partial charge is 0.0221 e. The first-order valence-electron chi connectivity index (χ1n) is 8.22. The van der Waals surface area contributed by atoms with Crippen LogP contribution >= 0.6 is 0 Å². The maximum atomic E-state index is 3.73. The van der Waals surface area contributed by atoms with Crippen LogP contribution in [-0.4, -0.2) is 36.6 Å². The van der Waals surface area contributed by atoms with Crippen LogP contribution < -0.4 is 5.32 Å². The number of benzene rings is 1. The van der Waals surface area contributed by atoms with E-state index < -0.39 is 0 Å². The summed E-state index contributed by atoms with van der Waals surface area (Å²) in [6.45, 7) is 10.4. The number of rotatable bonds is 7. The second kappa shape index (κ2) is 7.80. The standard InChI is InChI=1S/C18H30N2/c1-4-20-12-6-9-18(20)14-19-16(3)10-11-17-8-5-7-15(2)13-17/h5,7-8,13,16,18-19H,4,6,9-12,14H2,1-3H3. The fourth-order valence-corrected chi connectivity index (χ4v) is 3.23. The van der Waals surface area contributed by atoms with E-state index in [0.29, 0.717) is 6.04 Å². The summed E-state index contributed by atoms with van der Waals surface area (Å²) in [4.78, 5) is 2.61. The molecule has 1 saturated heterocycles. The van der Waals surface area contributed by atoms with E-state index in [0.717, 1.165) is 12.6 Å². The van der Waals surface area contributed by atoms with Crippen molar-refractivity contribution in [3.05, 3.63) is 35.4 Å². The van der Waals surface area contributed by atoms with Gasteiger partial charge in [-0.25, -0.2) is 0 Å². The van der Waals surface area contributed by atoms with Crippen molar-refractivity contribution in [3.63, 3.8) is 0 Å². The molecule has 2 atom stereocenters. The zero-order valence-electron chi connectivity index (χ0n) is 13.4. The van der Waals surface area contributed by atoms with Gasteiger partial charge in [-0.3, -0.25) is 4.90 Å². The molecule has 1 aliphatic heterocycles. The highest BCUT2D eigenvalue weighted by Gasteiger charge is 2.22. The van der Waals surface area contributed by atoms with Gasteiger partial charge >= 0.3 is 0 Å². The minimum Gasteiger partial charge on any atom is -0.313 e. The fraction of sp³-hybridized carbons (Fsp3) is 0.667. The second-order valence-corrected chi connectivity index (χ2v) is 6.26. The van der Waals surface area contributed by atoms with Gasteiger partial charge in [-0.2, -0.15) is 0 Å². The highest BCUT2D eigenvalue weighted by molar-refractivity contribution is 5.22. The third kappa shape index (κ3) is 4.60. The van der Waals surface area contributed by atoms with Crippen LogP contribution in [0.2, 0.25) is 0 Å². The number of aryl methyl sites for hydroxylation is 2. The molecule has 2 rings (SSSR count). The predicted octanol–water partition coefficient (Wildman–Crippen LogP) is 3.39. The number of hydrogen-bond acceptors (Lipinski definition) is 2. The van der Waals surface area contributed by atoms with Gasteiger partial charge in [0.1, 0.15) is 0 Å². The summed E-state index contributed by atoms with van der Waals surface area (Å²) in [5.74, 6) is 0. The Bertz CT molecular complexity index is 402. The average molecular weight is 274 g/mol. The fourth-order valence-electron chi connectivity index (χ4n) is 3.23. The maximum absolute atomic E-state index is 3.73. The molecule has 2 heteroatoms. The van der Waals surface area contributed by atoms with Gasteiger partial charge in [-0.05, 0) is 58.2 Å². The van der Waals surface area contributed by atoms with Crippen molar-refractivity contribution in [2.45, 2.75) is 58.5 Å². The number of likely N-dealkylation sites (N-methyl/N-ethyl adjacent to an activating group) is 1. The Hall–Kier alpha value is -0.860. The van der Waals surface area contributed by atoms with E-state index in [-0.39, 0.29) is 0 Å². The Labute approximate surface area is 124 Å². The summed E-state index contributed by atoms with van der Waals surface area (Å²) >= 11 is 0. The zero-order chi connectivity index (χ0) is 14.4. The lowest BCUT2D eigenvalue weighted by Crippen LogP contribution is -2.41. The van der Waals surface area contributed by atoms with Crippen molar-refractivity contribution in [2.24, 2.45) is 0 Å². The van der Waals surface area contributed by atoms with Crippen LogP contribution in [0.15, 0.2) is 24.3 Å². The first kappa shape index (κ1) is 15.5. The zero-order valence-corrected chi connectivity index (χ0v) is 13.4. The van der Waals surface area contributed by atoms with Gasteiger partial charge in [-0.1, -0.05) is 36.8 Å². The van der Waals surface area contributed by atoms with E-state index in [1.54, 1.807) is 0 Å². The summed E-state index contributed by atoms with van der Waals surface area (Å²) in [5.41, 5.74) is 2.84. The molecule has 1 fully saturated rings. The summed E-state index contributed by atoms with van der Waals surface area (Å²) < 4.78 is 0. The lowest BCUT2D eigenvalue weighted by molar-refractivity contribution is 0.254. The molecule has 0 amide bonds. The molecule has 0 bridgehead atoms. The number of nitrogens with one attached hydrogen (secondary N) is 1. The van der Waals surface area contributed by atoms with Crippen molar-refractivity contribution < 1.29 is 0 Å². The Morgan fingerprint density at radius 3 is 3.00 bits per heavy atom.